The first-order chi connectivity index (χ1) is 8.31. The van der Waals surface area contributed by atoms with Crippen molar-refractivity contribution in [2.45, 2.75) is 0 Å². The molecule has 0 aliphatic carbocycles. The van der Waals surface area contributed by atoms with Crippen molar-refractivity contribution in [3.05, 3.63) is 36.7 Å². The summed E-state index contributed by atoms with van der Waals surface area (Å²) in [6, 6.07) is 4.48. The molecule has 2 aromatic rings. The maximum absolute atomic E-state index is 13.6. The number of methoxy groups -OCH3 is 1. The first kappa shape index (κ1) is 11.4. The molecule has 1 aromatic carbocycles. The molecular weight excluding hydrogens is 225 g/mol. The second-order valence-electron chi connectivity index (χ2n) is 3.16. The summed E-state index contributed by atoms with van der Waals surface area (Å²) in [4.78, 5) is 11.5. The quantitative estimate of drug-likeness (QED) is 0.754. The molecule has 0 unspecified atom stereocenters. The van der Waals surface area contributed by atoms with Crippen LogP contribution < -0.4 is 4.74 Å². The van der Waals surface area contributed by atoms with Crippen LogP contribution in [-0.4, -0.2) is 28.9 Å². The number of halogens is 1. The van der Waals surface area contributed by atoms with Crippen molar-refractivity contribution < 1.29 is 13.9 Å². The highest BCUT2D eigenvalue weighted by Crippen LogP contribution is 2.22. The molecule has 17 heavy (non-hydrogen) atoms. The number of aromatic nitrogens is 3. The van der Waals surface area contributed by atoms with Gasteiger partial charge in [-0.25, -0.2) is 19.3 Å². The average molecular weight is 235 g/mol. The summed E-state index contributed by atoms with van der Waals surface area (Å²) in [6.45, 7) is 0.00201. The zero-order chi connectivity index (χ0) is 12.1. The van der Waals surface area contributed by atoms with E-state index in [1.54, 1.807) is 6.07 Å². The summed E-state index contributed by atoms with van der Waals surface area (Å²) in [6.07, 6.45) is 2.71. The smallest absolute Gasteiger partial charge is 0.188 e. The second-order valence-corrected chi connectivity index (χ2v) is 3.16. The molecule has 0 aliphatic rings. The van der Waals surface area contributed by atoms with Crippen LogP contribution in [0, 0.1) is 5.82 Å². The van der Waals surface area contributed by atoms with Crippen LogP contribution in [0.25, 0.3) is 11.4 Å². The van der Waals surface area contributed by atoms with E-state index in [4.69, 9.17) is 9.47 Å². The van der Waals surface area contributed by atoms with Crippen molar-refractivity contribution >= 4 is 0 Å². The molecule has 0 bridgehead atoms. The Morgan fingerprint density at radius 1 is 1.24 bits per heavy atom. The lowest BCUT2D eigenvalue weighted by atomic mass is 10.2. The molecule has 1 aromatic heterocycles. The van der Waals surface area contributed by atoms with E-state index in [2.05, 4.69) is 15.0 Å². The molecule has 0 atom stereocenters. The van der Waals surface area contributed by atoms with Gasteiger partial charge in [-0.1, -0.05) is 0 Å². The average Bonchev–Trinajstić information content (AvgIpc) is 2.38. The minimum absolute atomic E-state index is 0.00201. The fourth-order valence-electron chi connectivity index (χ4n) is 1.27. The highest BCUT2D eigenvalue weighted by Gasteiger charge is 2.07. The molecule has 1 heterocycles. The van der Waals surface area contributed by atoms with E-state index in [0.29, 0.717) is 11.4 Å². The number of hydrogen-bond acceptors (Lipinski definition) is 5. The fraction of sp³-hybridized carbons (Fsp3) is 0.182. The summed E-state index contributed by atoms with van der Waals surface area (Å²) < 4.78 is 23.3. The maximum Gasteiger partial charge on any atom is 0.188 e. The van der Waals surface area contributed by atoms with Crippen molar-refractivity contribution in [1.82, 2.24) is 15.0 Å². The third-order valence-corrected chi connectivity index (χ3v) is 2.02. The SMILES string of the molecule is COCOc1ccc(-c2ncncn2)cc1F. The summed E-state index contributed by atoms with van der Waals surface area (Å²) in [7, 11) is 1.47. The molecular formula is C11H10FN3O2. The van der Waals surface area contributed by atoms with E-state index in [9.17, 15) is 4.39 Å². The predicted octanol–water partition coefficient (Wildman–Crippen LogP) is 1.66. The number of benzene rings is 1. The third kappa shape index (κ3) is 2.73. The summed E-state index contributed by atoms with van der Waals surface area (Å²) >= 11 is 0. The van der Waals surface area contributed by atoms with Gasteiger partial charge in [-0.15, -0.1) is 0 Å². The van der Waals surface area contributed by atoms with Crippen molar-refractivity contribution in [3.8, 4) is 17.1 Å². The Kier molecular flexibility index (Phi) is 3.56. The number of nitrogens with zero attached hydrogens (tertiary/aromatic N) is 3. The van der Waals surface area contributed by atoms with E-state index in [0.717, 1.165) is 0 Å². The topological polar surface area (TPSA) is 57.1 Å². The second kappa shape index (κ2) is 5.31. The van der Waals surface area contributed by atoms with Gasteiger partial charge in [0.25, 0.3) is 0 Å². The molecule has 0 aliphatic heterocycles. The van der Waals surface area contributed by atoms with Crippen LogP contribution in [0.3, 0.4) is 0 Å². The van der Waals surface area contributed by atoms with Crippen molar-refractivity contribution in [2.24, 2.45) is 0 Å². The number of hydrogen-bond donors (Lipinski definition) is 0. The standard InChI is InChI=1S/C11H10FN3O2/c1-16-7-17-10-3-2-8(4-9(10)12)11-14-5-13-6-15-11/h2-6H,7H2,1H3. The molecule has 6 heteroatoms. The molecule has 0 spiro atoms. The normalized spacial score (nSPS) is 10.2. The van der Waals surface area contributed by atoms with Crippen molar-refractivity contribution in [1.29, 1.82) is 0 Å². The molecule has 0 fully saturated rings. The van der Waals surface area contributed by atoms with Gasteiger partial charge >= 0.3 is 0 Å². The van der Waals surface area contributed by atoms with Crippen molar-refractivity contribution in [3.63, 3.8) is 0 Å². The minimum Gasteiger partial charge on any atom is -0.464 e. The Morgan fingerprint density at radius 2 is 2.00 bits per heavy atom. The van der Waals surface area contributed by atoms with Gasteiger partial charge in [-0.05, 0) is 18.2 Å². The first-order valence-corrected chi connectivity index (χ1v) is 4.85. The van der Waals surface area contributed by atoms with Gasteiger partial charge in [0, 0.05) is 12.7 Å². The fourth-order valence-corrected chi connectivity index (χ4v) is 1.27. The highest BCUT2D eigenvalue weighted by atomic mass is 19.1. The molecule has 88 valence electrons. The zero-order valence-electron chi connectivity index (χ0n) is 9.13. The van der Waals surface area contributed by atoms with Crippen LogP contribution in [0.1, 0.15) is 0 Å². The van der Waals surface area contributed by atoms with Crippen LogP contribution in [0.2, 0.25) is 0 Å². The van der Waals surface area contributed by atoms with E-state index in [1.165, 1.54) is 31.9 Å². The van der Waals surface area contributed by atoms with E-state index in [1.807, 2.05) is 0 Å². The Morgan fingerprint density at radius 3 is 2.65 bits per heavy atom. The van der Waals surface area contributed by atoms with E-state index in [-0.39, 0.29) is 12.5 Å². The van der Waals surface area contributed by atoms with Crippen LogP contribution in [0.5, 0.6) is 5.75 Å². The molecule has 5 nitrogen and oxygen atoms in total. The Balaban J connectivity index is 2.25. The molecule has 0 amide bonds. The minimum atomic E-state index is -0.486. The number of ether oxygens (including phenoxy) is 2. The van der Waals surface area contributed by atoms with Crippen molar-refractivity contribution in [2.75, 3.05) is 13.9 Å². The summed E-state index contributed by atoms with van der Waals surface area (Å²) in [5, 5.41) is 0. The van der Waals surface area contributed by atoms with Gasteiger partial charge in [0.1, 0.15) is 12.7 Å². The van der Waals surface area contributed by atoms with Gasteiger partial charge in [-0.3, -0.25) is 0 Å². The van der Waals surface area contributed by atoms with Gasteiger partial charge in [0.05, 0.1) is 0 Å². The van der Waals surface area contributed by atoms with Gasteiger partial charge < -0.3 is 9.47 Å². The Bertz CT molecular complexity index is 493. The summed E-state index contributed by atoms with van der Waals surface area (Å²) in [5.74, 6) is 0.0572. The van der Waals surface area contributed by atoms with Crippen LogP contribution >= 0.6 is 0 Å². The molecule has 0 saturated carbocycles. The molecule has 0 N–H and O–H groups in total. The summed E-state index contributed by atoms with van der Waals surface area (Å²) in [5.41, 5.74) is 0.565. The third-order valence-electron chi connectivity index (χ3n) is 2.02. The van der Waals surface area contributed by atoms with E-state index < -0.39 is 5.82 Å². The lowest BCUT2D eigenvalue weighted by Crippen LogP contribution is -2.01. The zero-order valence-corrected chi connectivity index (χ0v) is 9.13. The monoisotopic (exact) mass is 235 g/mol. The Hall–Kier alpha value is -2.08. The molecule has 0 saturated heterocycles. The molecule has 0 radical (unpaired) electrons. The maximum atomic E-state index is 13.6. The molecule has 2 rings (SSSR count). The number of rotatable bonds is 4. The van der Waals surface area contributed by atoms with Crippen LogP contribution in [-0.2, 0) is 4.74 Å². The first-order valence-electron chi connectivity index (χ1n) is 4.85. The lowest BCUT2D eigenvalue weighted by molar-refractivity contribution is 0.0483. The van der Waals surface area contributed by atoms with E-state index >= 15 is 0 Å². The highest BCUT2D eigenvalue weighted by molar-refractivity contribution is 5.55. The predicted molar refractivity (Wildman–Crippen MR) is 57.7 cm³/mol. The largest absolute Gasteiger partial charge is 0.464 e. The van der Waals surface area contributed by atoms with Gasteiger partial charge in [0.15, 0.2) is 24.2 Å². The van der Waals surface area contributed by atoms with Crippen LogP contribution in [0.4, 0.5) is 4.39 Å². The van der Waals surface area contributed by atoms with Gasteiger partial charge in [0.2, 0.25) is 0 Å². The lowest BCUT2D eigenvalue weighted by Gasteiger charge is -2.06. The van der Waals surface area contributed by atoms with Gasteiger partial charge in [-0.2, -0.15) is 0 Å². The van der Waals surface area contributed by atoms with Crippen LogP contribution in [0.15, 0.2) is 30.9 Å². The Labute approximate surface area is 97.3 Å².